The maximum absolute atomic E-state index is 9.78. The summed E-state index contributed by atoms with van der Waals surface area (Å²) in [6.07, 6.45) is -0.573. The van der Waals surface area contributed by atoms with E-state index in [1.165, 1.54) is 11.3 Å². The van der Waals surface area contributed by atoms with Gasteiger partial charge in [0.25, 0.3) is 0 Å². The molecule has 2 rings (SSSR count). The first-order valence-corrected chi connectivity index (χ1v) is 6.11. The predicted octanol–water partition coefficient (Wildman–Crippen LogP) is 3.51. The van der Waals surface area contributed by atoms with Crippen LogP contribution in [0.4, 0.5) is 0 Å². The van der Waals surface area contributed by atoms with Gasteiger partial charge in [0, 0.05) is 9.90 Å². The molecule has 1 aromatic carbocycles. The second-order valence-electron chi connectivity index (χ2n) is 3.30. The van der Waals surface area contributed by atoms with E-state index >= 15 is 0 Å². The minimum absolute atomic E-state index is 0.252. The zero-order chi connectivity index (χ0) is 11.4. The average molecular weight is 255 g/mol. The van der Waals surface area contributed by atoms with Crippen molar-refractivity contribution >= 4 is 22.9 Å². The first kappa shape index (κ1) is 11.5. The summed E-state index contributed by atoms with van der Waals surface area (Å²) < 4.78 is 5.44. The molecule has 2 nitrogen and oxygen atoms in total. The van der Waals surface area contributed by atoms with Crippen molar-refractivity contribution in [2.75, 3.05) is 6.61 Å². The van der Waals surface area contributed by atoms with E-state index in [2.05, 4.69) is 0 Å². The Balaban J connectivity index is 1.90. The lowest BCUT2D eigenvalue weighted by molar-refractivity contribution is 0.111. The van der Waals surface area contributed by atoms with Crippen LogP contribution in [0.1, 0.15) is 11.0 Å². The van der Waals surface area contributed by atoms with Crippen molar-refractivity contribution in [2.24, 2.45) is 0 Å². The third kappa shape index (κ3) is 2.98. The van der Waals surface area contributed by atoms with Crippen LogP contribution in [0.25, 0.3) is 0 Å². The minimum Gasteiger partial charge on any atom is -0.490 e. The van der Waals surface area contributed by atoms with Crippen molar-refractivity contribution in [2.45, 2.75) is 6.10 Å². The molecule has 0 aliphatic rings. The van der Waals surface area contributed by atoms with Gasteiger partial charge in [0.2, 0.25) is 0 Å². The fraction of sp³-hybridized carbons (Fsp3) is 0.167. The van der Waals surface area contributed by atoms with Gasteiger partial charge in [-0.15, -0.1) is 11.3 Å². The van der Waals surface area contributed by atoms with Crippen LogP contribution < -0.4 is 4.74 Å². The Bertz CT molecular complexity index is 425. The molecule has 2 aromatic rings. The molecule has 1 unspecified atom stereocenters. The van der Waals surface area contributed by atoms with Crippen LogP contribution in [0.2, 0.25) is 5.02 Å². The molecule has 0 amide bonds. The SMILES string of the molecule is OC(COc1ccc(Cl)cc1)c1cccs1. The van der Waals surface area contributed by atoms with Crippen molar-refractivity contribution in [3.8, 4) is 5.75 Å². The Morgan fingerprint density at radius 2 is 2.00 bits per heavy atom. The van der Waals surface area contributed by atoms with E-state index in [0.29, 0.717) is 10.8 Å². The van der Waals surface area contributed by atoms with Crippen molar-refractivity contribution in [3.63, 3.8) is 0 Å². The molecule has 0 spiro atoms. The van der Waals surface area contributed by atoms with Crippen molar-refractivity contribution < 1.29 is 9.84 Å². The predicted molar refractivity (Wildman–Crippen MR) is 66.2 cm³/mol. The van der Waals surface area contributed by atoms with E-state index in [0.717, 1.165) is 4.88 Å². The normalized spacial score (nSPS) is 12.4. The van der Waals surface area contributed by atoms with Crippen LogP contribution in [0, 0.1) is 0 Å². The van der Waals surface area contributed by atoms with Crippen LogP contribution in [0.3, 0.4) is 0 Å². The second kappa shape index (κ2) is 5.34. The smallest absolute Gasteiger partial charge is 0.122 e. The molecule has 1 aromatic heterocycles. The molecule has 4 heteroatoms. The Morgan fingerprint density at radius 1 is 1.25 bits per heavy atom. The second-order valence-corrected chi connectivity index (χ2v) is 4.71. The number of ether oxygens (including phenoxy) is 1. The summed E-state index contributed by atoms with van der Waals surface area (Å²) in [6, 6.07) is 10.9. The summed E-state index contributed by atoms with van der Waals surface area (Å²) >= 11 is 7.27. The summed E-state index contributed by atoms with van der Waals surface area (Å²) in [5, 5.41) is 12.4. The molecule has 0 aliphatic heterocycles. The summed E-state index contributed by atoms with van der Waals surface area (Å²) in [5.41, 5.74) is 0. The van der Waals surface area contributed by atoms with Gasteiger partial charge < -0.3 is 9.84 Å². The van der Waals surface area contributed by atoms with Crippen LogP contribution in [0.15, 0.2) is 41.8 Å². The third-order valence-corrected chi connectivity index (χ3v) is 3.32. The van der Waals surface area contributed by atoms with Gasteiger partial charge in [0.05, 0.1) is 0 Å². The summed E-state index contributed by atoms with van der Waals surface area (Å²) in [5.74, 6) is 0.708. The highest BCUT2D eigenvalue weighted by molar-refractivity contribution is 7.10. The van der Waals surface area contributed by atoms with E-state index in [1.54, 1.807) is 24.3 Å². The number of hydrogen-bond donors (Lipinski definition) is 1. The van der Waals surface area contributed by atoms with Gasteiger partial charge in [-0.25, -0.2) is 0 Å². The number of halogens is 1. The van der Waals surface area contributed by atoms with Crippen LogP contribution >= 0.6 is 22.9 Å². The largest absolute Gasteiger partial charge is 0.490 e. The van der Waals surface area contributed by atoms with E-state index in [1.807, 2.05) is 17.5 Å². The Hall–Kier alpha value is -1.03. The standard InChI is InChI=1S/C12H11ClO2S/c13-9-3-5-10(6-4-9)15-8-11(14)12-2-1-7-16-12/h1-7,11,14H,8H2. The van der Waals surface area contributed by atoms with Crippen LogP contribution in [-0.4, -0.2) is 11.7 Å². The molecular formula is C12H11ClO2S. The van der Waals surface area contributed by atoms with Crippen LogP contribution in [-0.2, 0) is 0 Å². The maximum Gasteiger partial charge on any atom is 0.122 e. The lowest BCUT2D eigenvalue weighted by atomic mass is 10.3. The molecule has 1 heterocycles. The average Bonchev–Trinajstić information content (AvgIpc) is 2.81. The topological polar surface area (TPSA) is 29.5 Å². The molecule has 1 atom stereocenters. The minimum atomic E-state index is -0.573. The zero-order valence-corrected chi connectivity index (χ0v) is 10.0. The van der Waals surface area contributed by atoms with Gasteiger partial charge >= 0.3 is 0 Å². The van der Waals surface area contributed by atoms with E-state index in [9.17, 15) is 5.11 Å². The molecule has 84 valence electrons. The summed E-state index contributed by atoms with van der Waals surface area (Å²) in [4.78, 5) is 0.911. The highest BCUT2D eigenvalue weighted by Crippen LogP contribution is 2.21. The molecule has 0 saturated carbocycles. The fourth-order valence-electron chi connectivity index (χ4n) is 1.27. The van der Waals surface area contributed by atoms with E-state index < -0.39 is 6.10 Å². The molecule has 0 aliphatic carbocycles. The first-order chi connectivity index (χ1) is 7.75. The molecule has 0 fully saturated rings. The molecule has 0 saturated heterocycles. The summed E-state index contributed by atoms with van der Waals surface area (Å²) in [7, 11) is 0. The monoisotopic (exact) mass is 254 g/mol. The third-order valence-electron chi connectivity index (χ3n) is 2.09. The van der Waals surface area contributed by atoms with Gasteiger partial charge in [-0.05, 0) is 35.7 Å². The molecule has 0 bridgehead atoms. The number of rotatable bonds is 4. The van der Waals surface area contributed by atoms with Gasteiger partial charge in [-0.3, -0.25) is 0 Å². The van der Waals surface area contributed by atoms with E-state index in [4.69, 9.17) is 16.3 Å². The highest BCUT2D eigenvalue weighted by atomic mass is 35.5. The van der Waals surface area contributed by atoms with Gasteiger partial charge in [-0.1, -0.05) is 17.7 Å². The molecule has 1 N–H and O–H groups in total. The first-order valence-electron chi connectivity index (χ1n) is 4.85. The number of benzene rings is 1. The molecule has 16 heavy (non-hydrogen) atoms. The Labute approximate surface area is 103 Å². The number of aliphatic hydroxyl groups is 1. The Kier molecular flexibility index (Phi) is 3.83. The maximum atomic E-state index is 9.78. The highest BCUT2D eigenvalue weighted by Gasteiger charge is 2.08. The van der Waals surface area contributed by atoms with Crippen molar-refractivity contribution in [3.05, 3.63) is 51.7 Å². The number of aliphatic hydroxyl groups excluding tert-OH is 1. The van der Waals surface area contributed by atoms with Crippen LogP contribution in [0.5, 0.6) is 5.75 Å². The summed E-state index contributed by atoms with van der Waals surface area (Å²) in [6.45, 7) is 0.252. The number of thiophene rings is 1. The van der Waals surface area contributed by atoms with Crippen molar-refractivity contribution in [1.82, 2.24) is 0 Å². The quantitative estimate of drug-likeness (QED) is 0.905. The fourth-order valence-corrected chi connectivity index (χ4v) is 2.09. The Morgan fingerprint density at radius 3 is 2.62 bits per heavy atom. The lowest BCUT2D eigenvalue weighted by Gasteiger charge is -2.10. The molecular weight excluding hydrogens is 244 g/mol. The number of hydrogen-bond acceptors (Lipinski definition) is 3. The van der Waals surface area contributed by atoms with Crippen molar-refractivity contribution in [1.29, 1.82) is 0 Å². The zero-order valence-electron chi connectivity index (χ0n) is 8.47. The van der Waals surface area contributed by atoms with Gasteiger partial charge in [0.15, 0.2) is 0 Å². The molecule has 0 radical (unpaired) electrons. The van der Waals surface area contributed by atoms with E-state index in [-0.39, 0.29) is 6.61 Å². The lowest BCUT2D eigenvalue weighted by Crippen LogP contribution is -2.08. The van der Waals surface area contributed by atoms with Gasteiger partial charge in [0.1, 0.15) is 18.5 Å². The van der Waals surface area contributed by atoms with Gasteiger partial charge in [-0.2, -0.15) is 0 Å².